The third-order valence-corrected chi connectivity index (χ3v) is 6.57. The molecule has 4 aromatic rings. The molecule has 1 aromatic heterocycles. The lowest BCUT2D eigenvalue weighted by molar-refractivity contribution is -0.255. The van der Waals surface area contributed by atoms with Crippen molar-refractivity contribution in [3.8, 4) is 5.69 Å². The van der Waals surface area contributed by atoms with Crippen LogP contribution in [-0.4, -0.2) is 16.8 Å². The molecule has 0 aliphatic rings. The summed E-state index contributed by atoms with van der Waals surface area (Å²) >= 11 is 18.1. The average molecular weight is 596 g/mol. The van der Waals surface area contributed by atoms with Gasteiger partial charge in [0.15, 0.2) is 0 Å². The highest BCUT2D eigenvalue weighted by atomic mass is 35.5. The van der Waals surface area contributed by atoms with Crippen LogP contribution in [-0.2, 0) is 16.5 Å². The van der Waals surface area contributed by atoms with Gasteiger partial charge in [0.05, 0.1) is 26.8 Å². The molecule has 13 heteroatoms. The number of hydrogen-bond donors (Lipinski definition) is 1. The lowest BCUT2D eigenvalue weighted by Gasteiger charge is -2.31. The average Bonchev–Trinajstić information content (AvgIpc) is 3.18. The summed E-state index contributed by atoms with van der Waals surface area (Å²) in [7, 11) is 0. The van der Waals surface area contributed by atoms with E-state index in [0.29, 0.717) is 24.1 Å². The smallest absolute Gasteiger partial charge is 0.428 e. The monoisotopic (exact) mass is 594 g/mol. The summed E-state index contributed by atoms with van der Waals surface area (Å²) in [6.45, 7) is 0.663. The SMILES string of the molecule is CC(OC(=O)Nc1ccc(Cl)cc1)(c1cn(-c2c(Cl)cc(C(F)(F)F)cc2Cl)c2ccccc12)C(F)(F)F. The van der Waals surface area contributed by atoms with Gasteiger partial charge in [0.1, 0.15) is 0 Å². The zero-order valence-electron chi connectivity index (χ0n) is 19.0. The molecule has 1 heterocycles. The number of alkyl halides is 6. The Bertz CT molecular complexity index is 1490. The first-order valence-corrected chi connectivity index (χ1v) is 11.7. The van der Waals surface area contributed by atoms with E-state index >= 15 is 0 Å². The van der Waals surface area contributed by atoms with Crippen LogP contribution in [0.15, 0.2) is 66.9 Å². The Morgan fingerprint density at radius 2 is 1.47 bits per heavy atom. The molecule has 0 saturated carbocycles. The number of nitrogens with zero attached hydrogens (tertiary/aromatic N) is 1. The van der Waals surface area contributed by atoms with Crippen molar-refractivity contribution in [2.24, 2.45) is 0 Å². The second kappa shape index (κ2) is 9.91. The van der Waals surface area contributed by atoms with Gasteiger partial charge in [-0.3, -0.25) is 5.32 Å². The van der Waals surface area contributed by atoms with Crippen LogP contribution in [0.3, 0.4) is 0 Å². The van der Waals surface area contributed by atoms with E-state index in [4.69, 9.17) is 39.5 Å². The van der Waals surface area contributed by atoms with Crippen LogP contribution < -0.4 is 5.32 Å². The Morgan fingerprint density at radius 3 is 2.03 bits per heavy atom. The fourth-order valence-corrected chi connectivity index (χ4v) is 4.63. The quantitative estimate of drug-likeness (QED) is 0.239. The van der Waals surface area contributed by atoms with Crippen LogP contribution in [0.4, 0.5) is 36.8 Å². The number of aromatic nitrogens is 1. The van der Waals surface area contributed by atoms with Gasteiger partial charge in [-0.1, -0.05) is 53.0 Å². The van der Waals surface area contributed by atoms with Crippen LogP contribution in [0.2, 0.25) is 15.1 Å². The molecular weight excluding hydrogens is 581 g/mol. The van der Waals surface area contributed by atoms with Crippen molar-refractivity contribution in [2.75, 3.05) is 5.32 Å². The number of hydrogen-bond acceptors (Lipinski definition) is 2. The maximum Gasteiger partial charge on any atom is 0.432 e. The Kier molecular flexibility index (Phi) is 7.28. The summed E-state index contributed by atoms with van der Waals surface area (Å²) in [5, 5.41) is 1.66. The molecule has 1 N–H and O–H groups in total. The molecule has 3 aromatic carbocycles. The second-order valence-electron chi connectivity index (χ2n) is 8.27. The molecule has 0 radical (unpaired) electrons. The van der Waals surface area contributed by atoms with Crippen molar-refractivity contribution >= 4 is 57.5 Å². The number of anilines is 1. The minimum Gasteiger partial charge on any atom is -0.428 e. The van der Waals surface area contributed by atoms with Crippen molar-refractivity contribution < 1.29 is 35.9 Å². The van der Waals surface area contributed by atoms with Gasteiger partial charge in [0.25, 0.3) is 0 Å². The Hall–Kier alpha value is -3.08. The zero-order chi connectivity index (χ0) is 28.0. The molecule has 0 bridgehead atoms. The molecule has 4 nitrogen and oxygen atoms in total. The molecule has 0 aliphatic heterocycles. The number of carbonyl (C=O) groups is 1. The van der Waals surface area contributed by atoms with Crippen molar-refractivity contribution in [3.63, 3.8) is 0 Å². The number of ether oxygens (including phenoxy) is 1. The first-order chi connectivity index (χ1) is 17.6. The number of halogens is 9. The molecule has 0 spiro atoms. The number of amides is 1. The normalized spacial score (nSPS) is 13.8. The fraction of sp³-hybridized carbons (Fsp3) is 0.160. The highest BCUT2D eigenvalue weighted by molar-refractivity contribution is 6.38. The minimum absolute atomic E-state index is 0.00125. The van der Waals surface area contributed by atoms with Crippen LogP contribution >= 0.6 is 34.8 Å². The highest BCUT2D eigenvalue weighted by Crippen LogP contribution is 2.47. The standard InChI is InChI=1S/C25H15Cl3F6N2O2/c1-23(25(32,33)34,38-22(37)35-15-8-6-14(26)7-9-15)17-12-36(20-5-3-2-4-16(17)20)21-18(27)10-13(11-19(21)28)24(29,30)31/h2-12H,1H3,(H,35,37). The summed E-state index contributed by atoms with van der Waals surface area (Å²) in [5.74, 6) is 0. The predicted molar refractivity (Wildman–Crippen MR) is 133 cm³/mol. The number of rotatable bonds is 4. The fourth-order valence-electron chi connectivity index (χ4n) is 3.83. The van der Waals surface area contributed by atoms with E-state index in [9.17, 15) is 31.1 Å². The molecule has 0 fully saturated rings. The van der Waals surface area contributed by atoms with E-state index in [1.54, 1.807) is 0 Å². The molecule has 0 aliphatic carbocycles. The first-order valence-electron chi connectivity index (χ1n) is 10.6. The molecule has 38 heavy (non-hydrogen) atoms. The summed E-state index contributed by atoms with van der Waals surface area (Å²) in [4.78, 5) is 12.6. The molecule has 200 valence electrons. The van der Waals surface area contributed by atoms with E-state index < -0.39 is 45.2 Å². The maximum absolute atomic E-state index is 14.5. The van der Waals surface area contributed by atoms with Crippen LogP contribution in [0.1, 0.15) is 18.1 Å². The summed E-state index contributed by atoms with van der Waals surface area (Å²) in [5.41, 5.74) is -4.75. The van der Waals surface area contributed by atoms with Crippen molar-refractivity contribution in [1.82, 2.24) is 4.57 Å². The molecule has 4 rings (SSSR count). The summed E-state index contributed by atoms with van der Waals surface area (Å²) in [6.07, 6.45) is -10.3. The molecule has 1 unspecified atom stereocenters. The number of nitrogens with one attached hydrogen (secondary N) is 1. The second-order valence-corrected chi connectivity index (χ2v) is 9.52. The lowest BCUT2D eigenvalue weighted by Crippen LogP contribution is -2.44. The van der Waals surface area contributed by atoms with Gasteiger partial charge in [0, 0.05) is 27.9 Å². The molecule has 1 amide bonds. The topological polar surface area (TPSA) is 43.3 Å². The van der Waals surface area contributed by atoms with Crippen LogP contribution in [0.5, 0.6) is 0 Å². The van der Waals surface area contributed by atoms with Gasteiger partial charge in [-0.25, -0.2) is 4.79 Å². The summed E-state index contributed by atoms with van der Waals surface area (Å²) in [6, 6.07) is 12.6. The zero-order valence-corrected chi connectivity index (χ0v) is 21.3. The minimum atomic E-state index is -5.12. The Morgan fingerprint density at radius 1 is 0.895 bits per heavy atom. The third kappa shape index (κ3) is 5.25. The Labute approximate surface area is 226 Å². The van der Waals surface area contributed by atoms with E-state index in [1.165, 1.54) is 48.5 Å². The van der Waals surface area contributed by atoms with Gasteiger partial charge in [0.2, 0.25) is 5.60 Å². The van der Waals surface area contributed by atoms with Crippen LogP contribution in [0.25, 0.3) is 16.6 Å². The van der Waals surface area contributed by atoms with E-state index in [2.05, 4.69) is 5.32 Å². The number of benzene rings is 3. The van der Waals surface area contributed by atoms with E-state index in [1.807, 2.05) is 0 Å². The van der Waals surface area contributed by atoms with Crippen LogP contribution in [0, 0.1) is 0 Å². The van der Waals surface area contributed by atoms with Gasteiger partial charge in [-0.2, -0.15) is 26.3 Å². The van der Waals surface area contributed by atoms with Crippen molar-refractivity contribution in [3.05, 3.63) is 93.1 Å². The molecule has 0 saturated heterocycles. The third-order valence-electron chi connectivity index (χ3n) is 5.74. The molecule has 1 atom stereocenters. The maximum atomic E-state index is 14.5. The largest absolute Gasteiger partial charge is 0.432 e. The predicted octanol–water partition coefficient (Wildman–Crippen LogP) is 9.64. The number of fused-ring (bicyclic) bond motifs is 1. The number of para-hydroxylation sites is 1. The first kappa shape index (κ1) is 27.9. The number of carbonyl (C=O) groups excluding carboxylic acids is 1. The van der Waals surface area contributed by atoms with E-state index in [0.717, 1.165) is 10.8 Å². The van der Waals surface area contributed by atoms with Gasteiger partial charge >= 0.3 is 18.4 Å². The van der Waals surface area contributed by atoms with Crippen molar-refractivity contribution in [1.29, 1.82) is 0 Å². The lowest BCUT2D eigenvalue weighted by atomic mass is 9.94. The Balaban J connectivity index is 1.85. The van der Waals surface area contributed by atoms with Crippen molar-refractivity contribution in [2.45, 2.75) is 24.9 Å². The van der Waals surface area contributed by atoms with Gasteiger partial charge < -0.3 is 9.30 Å². The van der Waals surface area contributed by atoms with Gasteiger partial charge in [-0.05, 0) is 49.4 Å². The highest BCUT2D eigenvalue weighted by Gasteiger charge is 2.57. The molecular formula is C25H15Cl3F6N2O2. The van der Waals surface area contributed by atoms with Gasteiger partial charge in [-0.15, -0.1) is 0 Å². The van der Waals surface area contributed by atoms with E-state index in [-0.39, 0.29) is 22.3 Å². The summed E-state index contributed by atoms with van der Waals surface area (Å²) < 4.78 is 89.3.